The van der Waals surface area contributed by atoms with Crippen molar-refractivity contribution in [1.82, 2.24) is 9.97 Å². The quantitative estimate of drug-likeness (QED) is 0.767. The van der Waals surface area contributed by atoms with Gasteiger partial charge in [-0.15, -0.1) is 0 Å². The van der Waals surface area contributed by atoms with Crippen molar-refractivity contribution in [1.29, 1.82) is 0 Å². The zero-order valence-corrected chi connectivity index (χ0v) is 14.6. The van der Waals surface area contributed by atoms with Gasteiger partial charge >= 0.3 is 0 Å². The smallest absolute Gasteiger partial charge is 0.128 e. The largest absolute Gasteiger partial charge is 0.496 e. The van der Waals surface area contributed by atoms with Crippen LogP contribution in [0.5, 0.6) is 5.75 Å². The number of halogens is 1. The summed E-state index contributed by atoms with van der Waals surface area (Å²) in [5.74, 6) is 0.956. The summed E-state index contributed by atoms with van der Waals surface area (Å²) in [4.78, 5) is 8.36. The van der Waals surface area contributed by atoms with Gasteiger partial charge in [0.15, 0.2) is 0 Å². The topological polar surface area (TPSA) is 35.0 Å². The van der Waals surface area contributed by atoms with Crippen LogP contribution in [0.1, 0.15) is 33.6 Å². The molecule has 0 radical (unpaired) electrons. The molecule has 0 unspecified atom stereocenters. The minimum absolute atomic E-state index is 0.840. The van der Waals surface area contributed by atoms with Crippen LogP contribution in [-0.2, 0) is 0 Å². The maximum Gasteiger partial charge on any atom is 0.128 e. The van der Waals surface area contributed by atoms with E-state index in [-0.39, 0.29) is 0 Å². The summed E-state index contributed by atoms with van der Waals surface area (Å²) in [6.45, 7) is 11.9. The number of pyridine rings is 2. The number of aryl methyl sites for hydroxylation is 4. The Morgan fingerprint density at radius 3 is 1.71 bits per heavy atom. The third-order valence-corrected chi connectivity index (χ3v) is 4.15. The Hall–Kier alpha value is -1.61. The molecule has 0 spiro atoms. The molecular formula is C17H23ClN2O. The third-order valence-electron chi connectivity index (χ3n) is 3.57. The van der Waals surface area contributed by atoms with Gasteiger partial charge < -0.3 is 4.74 Å². The SMILES string of the molecule is COc1c(C)cnc(C)c1C.Cc1cnc(C)c(C)c1Cl. The average Bonchev–Trinajstić information content (AvgIpc) is 2.46. The van der Waals surface area contributed by atoms with E-state index < -0.39 is 0 Å². The molecule has 3 nitrogen and oxygen atoms in total. The van der Waals surface area contributed by atoms with E-state index in [0.29, 0.717) is 0 Å². The van der Waals surface area contributed by atoms with Gasteiger partial charge in [-0.3, -0.25) is 9.97 Å². The van der Waals surface area contributed by atoms with Gasteiger partial charge in [0.2, 0.25) is 0 Å². The number of methoxy groups -OCH3 is 1. The molecule has 21 heavy (non-hydrogen) atoms. The lowest BCUT2D eigenvalue weighted by Crippen LogP contribution is -1.95. The molecule has 0 aliphatic rings. The fraction of sp³-hybridized carbons (Fsp3) is 0.412. The second kappa shape index (κ2) is 7.41. The predicted molar refractivity (Wildman–Crippen MR) is 88.5 cm³/mol. The second-order valence-electron chi connectivity index (χ2n) is 5.15. The maximum atomic E-state index is 5.94. The van der Waals surface area contributed by atoms with Crippen molar-refractivity contribution in [3.05, 3.63) is 51.1 Å². The molecule has 0 aliphatic carbocycles. The van der Waals surface area contributed by atoms with E-state index in [1.54, 1.807) is 13.3 Å². The normalized spacial score (nSPS) is 9.90. The fourth-order valence-corrected chi connectivity index (χ4v) is 2.11. The highest BCUT2D eigenvalue weighted by Gasteiger charge is 2.04. The van der Waals surface area contributed by atoms with E-state index in [9.17, 15) is 0 Å². The number of hydrogen-bond acceptors (Lipinski definition) is 3. The van der Waals surface area contributed by atoms with E-state index in [2.05, 4.69) is 9.97 Å². The van der Waals surface area contributed by atoms with Crippen molar-refractivity contribution in [2.45, 2.75) is 41.5 Å². The molecule has 0 fully saturated rings. The number of ether oxygens (including phenoxy) is 1. The van der Waals surface area contributed by atoms with Gasteiger partial charge in [-0.25, -0.2) is 0 Å². The fourth-order valence-electron chi connectivity index (χ4n) is 1.92. The zero-order chi connectivity index (χ0) is 16.2. The van der Waals surface area contributed by atoms with Crippen molar-refractivity contribution in [3.63, 3.8) is 0 Å². The highest BCUT2D eigenvalue weighted by atomic mass is 35.5. The van der Waals surface area contributed by atoms with Crippen LogP contribution in [0.3, 0.4) is 0 Å². The van der Waals surface area contributed by atoms with Crippen LogP contribution in [-0.4, -0.2) is 17.1 Å². The van der Waals surface area contributed by atoms with Crippen molar-refractivity contribution < 1.29 is 4.74 Å². The van der Waals surface area contributed by atoms with Gasteiger partial charge in [0.1, 0.15) is 5.75 Å². The van der Waals surface area contributed by atoms with Gasteiger partial charge in [-0.1, -0.05) is 11.6 Å². The van der Waals surface area contributed by atoms with Gasteiger partial charge in [-0.2, -0.15) is 0 Å². The Balaban J connectivity index is 0.000000211. The van der Waals surface area contributed by atoms with Crippen LogP contribution >= 0.6 is 11.6 Å². The summed E-state index contributed by atoms with van der Waals surface area (Å²) in [7, 11) is 1.69. The molecule has 0 atom stereocenters. The lowest BCUT2D eigenvalue weighted by molar-refractivity contribution is 0.407. The van der Waals surface area contributed by atoms with E-state index in [4.69, 9.17) is 16.3 Å². The van der Waals surface area contributed by atoms with Crippen LogP contribution in [0.15, 0.2) is 12.4 Å². The Labute approximate surface area is 132 Å². The van der Waals surface area contributed by atoms with E-state index in [1.807, 2.05) is 47.7 Å². The monoisotopic (exact) mass is 306 g/mol. The molecule has 2 aromatic heterocycles. The zero-order valence-electron chi connectivity index (χ0n) is 13.8. The minimum Gasteiger partial charge on any atom is -0.496 e. The summed E-state index contributed by atoms with van der Waals surface area (Å²) >= 11 is 5.94. The van der Waals surface area contributed by atoms with Gasteiger partial charge in [0.25, 0.3) is 0 Å². The van der Waals surface area contributed by atoms with Crippen molar-refractivity contribution in [2.75, 3.05) is 7.11 Å². The van der Waals surface area contributed by atoms with Gasteiger partial charge in [0, 0.05) is 39.9 Å². The first-order chi connectivity index (χ1) is 9.79. The molecule has 0 bridgehead atoms. The molecular weight excluding hydrogens is 284 g/mol. The highest BCUT2D eigenvalue weighted by Crippen LogP contribution is 2.23. The highest BCUT2D eigenvalue weighted by molar-refractivity contribution is 6.32. The van der Waals surface area contributed by atoms with Gasteiger partial charge in [0.05, 0.1) is 7.11 Å². The average molecular weight is 307 g/mol. The Morgan fingerprint density at radius 2 is 1.29 bits per heavy atom. The molecule has 114 valence electrons. The third kappa shape index (κ3) is 4.18. The summed E-state index contributed by atoms with van der Waals surface area (Å²) < 4.78 is 5.22. The minimum atomic E-state index is 0.840. The molecule has 2 heterocycles. The predicted octanol–water partition coefficient (Wildman–Crippen LogP) is 4.68. The molecule has 4 heteroatoms. The number of rotatable bonds is 1. The first-order valence-corrected chi connectivity index (χ1v) is 7.22. The molecule has 0 N–H and O–H groups in total. The Kier molecular flexibility index (Phi) is 6.16. The van der Waals surface area contributed by atoms with E-state index in [0.717, 1.165) is 44.4 Å². The lowest BCUT2D eigenvalue weighted by Gasteiger charge is -2.08. The van der Waals surface area contributed by atoms with Crippen LogP contribution < -0.4 is 4.74 Å². The summed E-state index contributed by atoms with van der Waals surface area (Å²) in [5, 5.41) is 0.840. The van der Waals surface area contributed by atoms with Crippen molar-refractivity contribution >= 4 is 11.6 Å². The van der Waals surface area contributed by atoms with E-state index in [1.165, 1.54) is 0 Å². The summed E-state index contributed by atoms with van der Waals surface area (Å²) in [6, 6.07) is 0. The van der Waals surface area contributed by atoms with Gasteiger partial charge in [-0.05, 0) is 52.7 Å². The van der Waals surface area contributed by atoms with Crippen LogP contribution in [0.25, 0.3) is 0 Å². The first kappa shape index (κ1) is 17.4. The van der Waals surface area contributed by atoms with Crippen LogP contribution in [0, 0.1) is 41.5 Å². The molecule has 0 aromatic carbocycles. The Bertz CT molecular complexity index is 612. The molecule has 0 saturated heterocycles. The number of aromatic nitrogens is 2. The van der Waals surface area contributed by atoms with Crippen LogP contribution in [0.2, 0.25) is 5.02 Å². The Morgan fingerprint density at radius 1 is 0.810 bits per heavy atom. The molecule has 0 saturated carbocycles. The van der Waals surface area contributed by atoms with Crippen molar-refractivity contribution in [3.8, 4) is 5.75 Å². The number of nitrogens with zero attached hydrogens (tertiary/aromatic N) is 2. The summed E-state index contributed by atoms with van der Waals surface area (Å²) in [6.07, 6.45) is 3.63. The first-order valence-electron chi connectivity index (χ1n) is 6.84. The van der Waals surface area contributed by atoms with E-state index >= 15 is 0 Å². The second-order valence-corrected chi connectivity index (χ2v) is 5.53. The maximum absolute atomic E-state index is 5.94. The van der Waals surface area contributed by atoms with Crippen molar-refractivity contribution in [2.24, 2.45) is 0 Å². The lowest BCUT2D eigenvalue weighted by atomic mass is 10.1. The molecule has 2 rings (SSSR count). The molecule has 0 aliphatic heterocycles. The number of hydrogen-bond donors (Lipinski definition) is 0. The van der Waals surface area contributed by atoms with Crippen LogP contribution in [0.4, 0.5) is 0 Å². The molecule has 0 amide bonds. The standard InChI is InChI=1S/C9H13NO.C8H10ClN/c1-6-5-10-8(3)7(2)9(6)11-4;1-5-4-10-7(3)6(2)8(5)9/h5H,1-4H3;4H,1-3H3. The molecule has 2 aromatic rings. The summed E-state index contributed by atoms with van der Waals surface area (Å²) in [5.41, 5.74) is 6.40.